The lowest BCUT2D eigenvalue weighted by atomic mass is 10.2. The van der Waals surface area contributed by atoms with E-state index in [9.17, 15) is 13.5 Å². The third-order valence-electron chi connectivity index (χ3n) is 3.34. The molecule has 1 N–H and O–H groups in total. The Bertz CT molecular complexity index is 934. The smallest absolute Gasteiger partial charge is 0.269 e. The highest BCUT2D eigenvalue weighted by Crippen LogP contribution is 2.31. The molecule has 0 radical (unpaired) electrons. The summed E-state index contributed by atoms with van der Waals surface area (Å²) in [5, 5.41) is 10.6. The lowest BCUT2D eigenvalue weighted by molar-refractivity contribution is 0.193. The Morgan fingerprint density at radius 1 is 1.23 bits per heavy atom. The number of hydrogen-bond acceptors (Lipinski definition) is 4. The average Bonchev–Trinajstić information content (AvgIpc) is 2.90. The predicted octanol–water partition coefficient (Wildman–Crippen LogP) is 3.09. The number of rotatable bonds is 3. The van der Waals surface area contributed by atoms with E-state index in [1.807, 2.05) is 0 Å². The molecule has 0 bridgehead atoms. The van der Waals surface area contributed by atoms with Crippen molar-refractivity contribution in [2.75, 3.05) is 0 Å². The van der Waals surface area contributed by atoms with Crippen LogP contribution in [-0.4, -0.2) is 22.5 Å². The van der Waals surface area contributed by atoms with E-state index in [4.69, 9.17) is 0 Å². The second-order valence-electron chi connectivity index (χ2n) is 4.86. The number of pyridine rings is 1. The third-order valence-corrected chi connectivity index (χ3v) is 5.77. The van der Waals surface area contributed by atoms with Crippen LogP contribution in [0.3, 0.4) is 0 Å². The third kappa shape index (κ3) is 2.35. The van der Waals surface area contributed by atoms with Crippen molar-refractivity contribution in [3.05, 3.63) is 58.8 Å². The quantitative estimate of drug-likeness (QED) is 0.757. The van der Waals surface area contributed by atoms with Crippen LogP contribution in [0.25, 0.3) is 11.0 Å². The molecule has 0 saturated carbocycles. The fourth-order valence-electron chi connectivity index (χ4n) is 2.30. The first-order valence-corrected chi connectivity index (χ1v) is 8.81. The molecule has 0 amide bonds. The van der Waals surface area contributed by atoms with E-state index in [-0.39, 0.29) is 16.2 Å². The molecule has 3 rings (SSSR count). The van der Waals surface area contributed by atoms with Gasteiger partial charge in [0, 0.05) is 16.1 Å². The fraction of sp³-hybridized carbons (Fsp3) is 0.133. The minimum Gasteiger partial charge on any atom is -0.387 e. The van der Waals surface area contributed by atoms with Gasteiger partial charge in [-0.2, -0.15) is 0 Å². The minimum atomic E-state index is -3.84. The van der Waals surface area contributed by atoms with Gasteiger partial charge in [0.05, 0.1) is 16.7 Å². The largest absolute Gasteiger partial charge is 0.387 e. The zero-order valence-corrected chi connectivity index (χ0v) is 14.0. The number of fused-ring (bicyclic) bond motifs is 1. The average molecular weight is 381 g/mol. The maximum atomic E-state index is 12.9. The Kier molecular flexibility index (Phi) is 3.80. The molecule has 0 aliphatic heterocycles. The van der Waals surface area contributed by atoms with Crippen LogP contribution in [0.1, 0.15) is 18.7 Å². The minimum absolute atomic E-state index is 0.149. The van der Waals surface area contributed by atoms with Crippen LogP contribution in [0, 0.1) is 0 Å². The highest BCUT2D eigenvalue weighted by Gasteiger charge is 2.26. The van der Waals surface area contributed by atoms with Gasteiger partial charge in [-0.05, 0) is 47.1 Å². The molecule has 5 nitrogen and oxygen atoms in total. The molecule has 0 spiro atoms. The number of nitrogens with zero attached hydrogens (tertiary/aromatic N) is 2. The molecule has 2 aromatic heterocycles. The van der Waals surface area contributed by atoms with Crippen LogP contribution in [0.2, 0.25) is 0 Å². The Balaban J connectivity index is 2.40. The zero-order valence-electron chi connectivity index (χ0n) is 11.6. The molecule has 1 aromatic carbocycles. The Morgan fingerprint density at radius 2 is 1.91 bits per heavy atom. The number of aliphatic hydroxyl groups is 1. The van der Waals surface area contributed by atoms with E-state index in [2.05, 4.69) is 20.9 Å². The van der Waals surface area contributed by atoms with Crippen LogP contribution in [-0.2, 0) is 10.0 Å². The maximum Gasteiger partial charge on any atom is 0.269 e. The topological polar surface area (TPSA) is 72.2 Å². The van der Waals surface area contributed by atoms with E-state index < -0.39 is 16.1 Å². The summed E-state index contributed by atoms with van der Waals surface area (Å²) >= 11 is 3.39. The first-order valence-electron chi connectivity index (χ1n) is 6.57. The zero-order chi connectivity index (χ0) is 15.9. The molecular formula is C15H13BrN2O3S. The van der Waals surface area contributed by atoms with Gasteiger partial charge in [0.1, 0.15) is 0 Å². The van der Waals surface area contributed by atoms with Crippen molar-refractivity contribution in [1.29, 1.82) is 0 Å². The standard InChI is InChI=1S/C15H13BrN2O3S/c1-10(19)14-9-12-13(16)7-8-17-15(12)18(14)22(20,21)11-5-3-2-4-6-11/h2-10,19H,1H3/t10-/m0/s1. The first-order chi connectivity index (χ1) is 10.4. The Morgan fingerprint density at radius 3 is 2.55 bits per heavy atom. The van der Waals surface area contributed by atoms with Crippen molar-refractivity contribution < 1.29 is 13.5 Å². The summed E-state index contributed by atoms with van der Waals surface area (Å²) in [6.07, 6.45) is 0.578. The van der Waals surface area contributed by atoms with Crippen molar-refractivity contribution in [3.8, 4) is 0 Å². The van der Waals surface area contributed by atoms with Crippen molar-refractivity contribution in [2.45, 2.75) is 17.9 Å². The van der Waals surface area contributed by atoms with Crippen molar-refractivity contribution >= 4 is 37.0 Å². The van der Waals surface area contributed by atoms with Crippen molar-refractivity contribution in [3.63, 3.8) is 0 Å². The molecule has 7 heteroatoms. The van der Waals surface area contributed by atoms with E-state index in [1.165, 1.54) is 25.3 Å². The number of benzene rings is 1. The lowest BCUT2D eigenvalue weighted by Gasteiger charge is -2.12. The summed E-state index contributed by atoms with van der Waals surface area (Å²) in [7, 11) is -3.84. The van der Waals surface area contributed by atoms with E-state index in [1.54, 1.807) is 30.3 Å². The van der Waals surface area contributed by atoms with Crippen LogP contribution < -0.4 is 0 Å². The summed E-state index contributed by atoms with van der Waals surface area (Å²) in [6.45, 7) is 1.53. The molecule has 0 aliphatic carbocycles. The van der Waals surface area contributed by atoms with Crippen molar-refractivity contribution in [2.24, 2.45) is 0 Å². The van der Waals surface area contributed by atoms with Crippen LogP contribution >= 0.6 is 15.9 Å². The summed E-state index contributed by atoms with van der Waals surface area (Å²) < 4.78 is 27.7. The van der Waals surface area contributed by atoms with Gasteiger partial charge in [-0.25, -0.2) is 17.4 Å². The maximum absolute atomic E-state index is 12.9. The summed E-state index contributed by atoms with van der Waals surface area (Å²) in [5.41, 5.74) is 0.562. The molecule has 0 aliphatic rings. The van der Waals surface area contributed by atoms with Gasteiger partial charge in [-0.15, -0.1) is 0 Å². The van der Waals surface area contributed by atoms with Gasteiger partial charge >= 0.3 is 0 Å². The first kappa shape index (κ1) is 15.2. The van der Waals surface area contributed by atoms with Gasteiger partial charge in [0.2, 0.25) is 0 Å². The number of aromatic nitrogens is 2. The van der Waals surface area contributed by atoms with Gasteiger partial charge in [0.25, 0.3) is 10.0 Å². The van der Waals surface area contributed by atoms with Gasteiger partial charge in [-0.3, -0.25) is 0 Å². The molecule has 0 unspecified atom stereocenters. The van der Waals surface area contributed by atoms with Gasteiger partial charge in [-0.1, -0.05) is 18.2 Å². The highest BCUT2D eigenvalue weighted by atomic mass is 79.9. The van der Waals surface area contributed by atoms with E-state index in [0.29, 0.717) is 5.39 Å². The number of aliphatic hydroxyl groups excluding tert-OH is 1. The molecule has 0 saturated heterocycles. The van der Waals surface area contributed by atoms with Gasteiger partial charge in [0.15, 0.2) is 5.65 Å². The summed E-state index contributed by atoms with van der Waals surface area (Å²) in [4.78, 5) is 4.33. The Hall–Kier alpha value is -1.70. The second-order valence-corrected chi connectivity index (χ2v) is 7.50. The molecule has 3 aromatic rings. The Labute approximate surface area is 136 Å². The fourth-order valence-corrected chi connectivity index (χ4v) is 4.28. The molecule has 1 atom stereocenters. The molecule has 0 fully saturated rings. The summed E-state index contributed by atoms with van der Waals surface area (Å²) in [5.74, 6) is 0. The molecule has 114 valence electrons. The molecule has 2 heterocycles. The number of halogens is 1. The normalized spacial score (nSPS) is 13.4. The van der Waals surface area contributed by atoms with E-state index >= 15 is 0 Å². The summed E-state index contributed by atoms with van der Waals surface area (Å²) in [6, 6.07) is 11.5. The van der Waals surface area contributed by atoms with E-state index in [0.717, 1.165) is 8.45 Å². The van der Waals surface area contributed by atoms with Crippen LogP contribution in [0.4, 0.5) is 0 Å². The number of hydrogen-bond donors (Lipinski definition) is 1. The predicted molar refractivity (Wildman–Crippen MR) is 87.1 cm³/mol. The van der Waals surface area contributed by atoms with Crippen LogP contribution in [0.15, 0.2) is 58.0 Å². The highest BCUT2D eigenvalue weighted by molar-refractivity contribution is 9.10. The van der Waals surface area contributed by atoms with Gasteiger partial charge < -0.3 is 5.11 Å². The molecule has 22 heavy (non-hydrogen) atoms. The van der Waals surface area contributed by atoms with Crippen molar-refractivity contribution in [1.82, 2.24) is 8.96 Å². The lowest BCUT2D eigenvalue weighted by Crippen LogP contribution is -2.17. The SMILES string of the molecule is C[C@H](O)c1cc2c(Br)ccnc2n1S(=O)(=O)c1ccccc1. The molecular weight excluding hydrogens is 368 g/mol. The second kappa shape index (κ2) is 5.49. The van der Waals surface area contributed by atoms with Crippen LogP contribution in [0.5, 0.6) is 0 Å². The monoisotopic (exact) mass is 380 g/mol.